The first kappa shape index (κ1) is 19.0. The molecule has 1 aliphatic rings. The molecule has 5 rings (SSSR count). The Morgan fingerprint density at radius 1 is 1.18 bits per heavy atom. The van der Waals surface area contributed by atoms with Gasteiger partial charge in [-0.1, -0.05) is 18.1 Å². The lowest BCUT2D eigenvalue weighted by Crippen LogP contribution is -2.44. The summed E-state index contributed by atoms with van der Waals surface area (Å²) < 4.78 is 102. The first-order valence-electron chi connectivity index (χ1n) is 15.3. The summed E-state index contributed by atoms with van der Waals surface area (Å²) in [5, 5.41) is 6.55. The van der Waals surface area contributed by atoms with Gasteiger partial charge in [-0.15, -0.1) is 0 Å². The fraction of sp³-hybridized carbons (Fsp3) is 0.276. The molecular formula is C29H27F3N6O. The van der Waals surface area contributed by atoms with Crippen molar-refractivity contribution in [2.45, 2.75) is 19.6 Å². The van der Waals surface area contributed by atoms with Crippen LogP contribution in [0.1, 0.15) is 47.9 Å². The molecule has 0 unspecified atom stereocenters. The number of likely N-dealkylation sites (N-methyl/N-ethyl adjacent to an activating group) is 1. The van der Waals surface area contributed by atoms with E-state index in [1.165, 1.54) is 29.9 Å². The molecule has 200 valence electrons. The molecule has 0 bridgehead atoms. The molecule has 1 aliphatic heterocycles. The van der Waals surface area contributed by atoms with Crippen LogP contribution in [0.4, 0.5) is 18.9 Å². The van der Waals surface area contributed by atoms with Crippen molar-refractivity contribution < 1.29 is 27.6 Å². The van der Waals surface area contributed by atoms with Gasteiger partial charge in [-0.05, 0) is 67.4 Å². The van der Waals surface area contributed by atoms with Gasteiger partial charge in [0.2, 0.25) is 0 Å². The van der Waals surface area contributed by atoms with Gasteiger partial charge in [-0.2, -0.15) is 18.3 Å². The molecule has 0 aliphatic carbocycles. The minimum Gasteiger partial charge on any atom is -0.322 e. The Balaban J connectivity index is 1.43. The average molecular weight is 540 g/mol. The number of halogens is 3. The zero-order chi connectivity index (χ0) is 33.8. The number of piperazine rings is 1. The lowest BCUT2D eigenvalue weighted by atomic mass is 10.0. The van der Waals surface area contributed by atoms with Crippen molar-refractivity contribution in [3.63, 3.8) is 0 Å². The third-order valence-electron chi connectivity index (χ3n) is 5.89. The number of benzene rings is 2. The smallest absolute Gasteiger partial charge is 0.322 e. The first-order valence-corrected chi connectivity index (χ1v) is 11.8. The fourth-order valence-electron chi connectivity index (χ4n) is 3.79. The van der Waals surface area contributed by atoms with Gasteiger partial charge in [0.25, 0.3) is 5.91 Å². The maximum atomic E-state index is 14.3. The predicted molar refractivity (Wildman–Crippen MR) is 142 cm³/mol. The second kappa shape index (κ2) is 10.9. The molecule has 1 N–H and O–H groups in total. The first-order chi connectivity index (χ1) is 21.3. The van der Waals surface area contributed by atoms with Crippen LogP contribution in [0.2, 0.25) is 0 Å². The molecule has 1 amide bonds. The Kier molecular flexibility index (Phi) is 5.29. The standard InChI is InChI=1S/C29H27F3N6O/c1-20-5-6-22(16-21(20)8-10-25-18-33-27-4-3-11-34-38(25)27)28(39)35-24-9-7-23(26(17-24)29(30,31)32)19-37-14-12-36(2)13-15-37/h3-7,9,11,16-18H,12-15,19H2,1-2H3,(H,35,39)/i12D2,13D2,18D,19D2. The van der Waals surface area contributed by atoms with Crippen LogP contribution in [-0.4, -0.2) is 63.4 Å². The molecule has 1 fully saturated rings. The number of hydrogen-bond acceptors (Lipinski definition) is 5. The van der Waals surface area contributed by atoms with E-state index in [1.807, 2.05) is 0 Å². The van der Waals surface area contributed by atoms with Crippen molar-refractivity contribution in [1.82, 2.24) is 24.4 Å². The van der Waals surface area contributed by atoms with E-state index >= 15 is 0 Å². The third kappa shape index (κ3) is 6.11. The zero-order valence-electron chi connectivity index (χ0n) is 27.9. The lowest BCUT2D eigenvalue weighted by Gasteiger charge is -2.33. The molecule has 4 aromatic rings. The van der Waals surface area contributed by atoms with E-state index < -0.39 is 55.8 Å². The molecule has 39 heavy (non-hydrogen) atoms. The molecule has 0 saturated carbocycles. The van der Waals surface area contributed by atoms with Gasteiger partial charge in [0.1, 0.15) is 5.69 Å². The summed E-state index contributed by atoms with van der Waals surface area (Å²) in [6.07, 6.45) is -3.63. The van der Waals surface area contributed by atoms with Crippen molar-refractivity contribution in [3.05, 3.63) is 94.4 Å². The van der Waals surface area contributed by atoms with Crippen LogP contribution in [0.5, 0.6) is 0 Å². The van der Waals surface area contributed by atoms with Gasteiger partial charge in [-0.3, -0.25) is 9.69 Å². The van der Waals surface area contributed by atoms with Crippen molar-refractivity contribution >= 4 is 17.2 Å². The Morgan fingerprint density at radius 3 is 2.74 bits per heavy atom. The summed E-state index contributed by atoms with van der Waals surface area (Å²) >= 11 is 0. The van der Waals surface area contributed by atoms with Crippen LogP contribution in [0.15, 0.2) is 60.9 Å². The number of nitrogens with zero attached hydrogens (tertiary/aromatic N) is 5. The highest BCUT2D eigenvalue weighted by Crippen LogP contribution is 2.34. The maximum absolute atomic E-state index is 14.3. The molecule has 0 atom stereocenters. The van der Waals surface area contributed by atoms with E-state index in [2.05, 4.69) is 27.2 Å². The highest BCUT2D eigenvalue weighted by atomic mass is 19.4. The van der Waals surface area contributed by atoms with Gasteiger partial charge < -0.3 is 10.2 Å². The van der Waals surface area contributed by atoms with Gasteiger partial charge in [0.05, 0.1) is 13.1 Å². The highest BCUT2D eigenvalue weighted by Gasteiger charge is 2.34. The number of carbonyl (C=O) groups is 1. The number of hydrogen-bond donors (Lipinski definition) is 1. The molecule has 0 radical (unpaired) electrons. The molecule has 3 heterocycles. The summed E-state index contributed by atoms with van der Waals surface area (Å²) in [5.41, 5.74) is -0.670. The topological polar surface area (TPSA) is 65.8 Å². The molecule has 2 aromatic heterocycles. The fourth-order valence-corrected chi connectivity index (χ4v) is 3.79. The zero-order valence-corrected chi connectivity index (χ0v) is 20.9. The molecule has 7 nitrogen and oxygen atoms in total. The van der Waals surface area contributed by atoms with E-state index in [1.54, 1.807) is 25.1 Å². The second-order valence-electron chi connectivity index (χ2n) is 8.70. The van der Waals surface area contributed by atoms with Crippen molar-refractivity contribution in [3.8, 4) is 11.8 Å². The number of aromatic nitrogens is 3. The van der Waals surface area contributed by atoms with E-state index in [0.717, 1.165) is 17.0 Å². The number of nitrogens with one attached hydrogen (secondary N) is 1. The molecule has 1 saturated heterocycles. The van der Waals surface area contributed by atoms with Gasteiger partial charge >= 0.3 is 6.18 Å². The summed E-state index contributed by atoms with van der Waals surface area (Å²) in [7, 11) is 1.18. The maximum Gasteiger partial charge on any atom is 0.416 e. The number of imidazole rings is 1. The summed E-state index contributed by atoms with van der Waals surface area (Å²) in [4.78, 5) is 18.7. The van der Waals surface area contributed by atoms with Gasteiger partial charge in [-0.25, -0.2) is 9.50 Å². The second-order valence-corrected chi connectivity index (χ2v) is 8.70. The number of rotatable bonds is 4. The number of fused-ring (bicyclic) bond motifs is 1. The predicted octanol–water partition coefficient (Wildman–Crippen LogP) is 4.46. The molecule has 2 aromatic carbocycles. The highest BCUT2D eigenvalue weighted by molar-refractivity contribution is 6.04. The molecule has 0 spiro atoms. The largest absolute Gasteiger partial charge is 0.416 e. The molecular weight excluding hydrogens is 505 g/mol. The average Bonchev–Trinajstić information content (AvgIpc) is 3.29. The van der Waals surface area contributed by atoms with E-state index in [4.69, 9.17) is 9.60 Å². The quantitative estimate of drug-likeness (QED) is 0.388. The number of alkyl halides is 3. The number of carbonyl (C=O) groups excluding carboxylic acids is 1. The summed E-state index contributed by atoms with van der Waals surface area (Å²) in [5.74, 6) is 4.99. The van der Waals surface area contributed by atoms with E-state index in [-0.39, 0.29) is 23.1 Å². The Labute approximate surface area is 234 Å². The Hall–Kier alpha value is -4.20. The third-order valence-corrected chi connectivity index (χ3v) is 5.89. The van der Waals surface area contributed by atoms with Crippen LogP contribution in [0.25, 0.3) is 5.65 Å². The van der Waals surface area contributed by atoms with Crippen molar-refractivity contribution in [1.29, 1.82) is 0 Å². The number of amides is 1. The Morgan fingerprint density at radius 2 is 1.97 bits per heavy atom. The van der Waals surface area contributed by atoms with Crippen LogP contribution < -0.4 is 5.32 Å². The van der Waals surface area contributed by atoms with Gasteiger partial charge in [0.15, 0.2) is 5.65 Å². The monoisotopic (exact) mass is 539 g/mol. The van der Waals surface area contributed by atoms with Crippen molar-refractivity contribution in [2.75, 3.05) is 38.4 Å². The number of anilines is 1. The van der Waals surface area contributed by atoms with E-state index in [0.29, 0.717) is 27.7 Å². The minimum atomic E-state index is -5.07. The lowest BCUT2D eigenvalue weighted by molar-refractivity contribution is -0.138. The van der Waals surface area contributed by atoms with Crippen LogP contribution in [0, 0.1) is 18.8 Å². The van der Waals surface area contributed by atoms with Crippen LogP contribution >= 0.6 is 0 Å². The van der Waals surface area contributed by atoms with Crippen molar-refractivity contribution in [2.24, 2.45) is 0 Å². The minimum absolute atomic E-state index is 0.0760. The SMILES string of the molecule is [2H]c1nc2cccnn2c1C#Cc1cc(C(=O)Nc2ccc(C([2H])([2H])N3CC([2H])([2H])N(C)C([2H])([2H])C3)c(C(F)(F)F)c2)ccc1C. The number of aryl methyl sites for hydroxylation is 1. The van der Waals surface area contributed by atoms with Crippen LogP contribution in [-0.2, 0) is 12.7 Å². The van der Waals surface area contributed by atoms with Gasteiger partial charge in [0, 0.05) is 63.8 Å². The van der Waals surface area contributed by atoms with Crippen LogP contribution in [0.3, 0.4) is 0 Å². The normalized spacial score (nSPS) is 20.3. The summed E-state index contributed by atoms with van der Waals surface area (Å²) in [6, 6.07) is 10.4. The van der Waals surface area contributed by atoms with E-state index in [9.17, 15) is 18.0 Å². The summed E-state index contributed by atoms with van der Waals surface area (Å²) in [6.45, 7) is -7.30. The molecule has 10 heteroatoms. The Bertz CT molecular complexity index is 1880.